The van der Waals surface area contributed by atoms with E-state index in [2.05, 4.69) is 10.3 Å². The second-order valence-electron chi connectivity index (χ2n) is 5.48. The normalized spacial score (nSPS) is 10.9. The summed E-state index contributed by atoms with van der Waals surface area (Å²) in [5.74, 6) is 0.440. The van der Waals surface area contributed by atoms with E-state index in [-0.39, 0.29) is 5.91 Å². The van der Waals surface area contributed by atoms with Crippen LogP contribution in [0.15, 0.2) is 71.3 Å². The van der Waals surface area contributed by atoms with Crippen LogP contribution in [0.2, 0.25) is 0 Å². The van der Waals surface area contributed by atoms with E-state index in [1.807, 2.05) is 66.1 Å². The highest BCUT2D eigenvalue weighted by molar-refractivity contribution is 6.03. The summed E-state index contributed by atoms with van der Waals surface area (Å²) in [6, 6.07) is 19.3. The molecule has 0 aliphatic carbocycles. The summed E-state index contributed by atoms with van der Waals surface area (Å²) in [7, 11) is 0. The summed E-state index contributed by atoms with van der Waals surface area (Å²) in [6.45, 7) is 1.83. The molecule has 0 aliphatic heterocycles. The smallest absolute Gasteiger partial charge is 0.293 e. The number of hydrogen-bond donors (Lipinski definition) is 1. The molecule has 0 bridgehead atoms. The SMILES string of the molecule is Cc1ccoc1C(=O)Nc1nc2ccccc2n1-c1ccccc1. The molecule has 4 aromatic rings. The van der Waals surface area contributed by atoms with Gasteiger partial charge in [-0.05, 0) is 37.3 Å². The largest absolute Gasteiger partial charge is 0.459 e. The Labute approximate surface area is 138 Å². The number of nitrogens with zero attached hydrogens (tertiary/aromatic N) is 2. The lowest BCUT2D eigenvalue weighted by atomic mass is 10.2. The molecular formula is C19H15N3O2. The van der Waals surface area contributed by atoms with Crippen LogP contribution in [0.25, 0.3) is 16.7 Å². The van der Waals surface area contributed by atoms with Gasteiger partial charge in [0, 0.05) is 11.3 Å². The number of aromatic nitrogens is 2. The molecule has 0 unspecified atom stereocenters. The third-order valence-corrected chi connectivity index (χ3v) is 3.87. The van der Waals surface area contributed by atoms with Crippen molar-refractivity contribution < 1.29 is 9.21 Å². The molecular weight excluding hydrogens is 302 g/mol. The average Bonchev–Trinajstić information content (AvgIpc) is 3.18. The zero-order valence-electron chi connectivity index (χ0n) is 13.1. The number of benzene rings is 2. The summed E-state index contributed by atoms with van der Waals surface area (Å²) < 4.78 is 7.19. The monoisotopic (exact) mass is 317 g/mol. The van der Waals surface area contributed by atoms with Crippen molar-refractivity contribution in [1.82, 2.24) is 9.55 Å². The van der Waals surface area contributed by atoms with Crippen LogP contribution in [-0.4, -0.2) is 15.5 Å². The van der Waals surface area contributed by atoms with Crippen molar-refractivity contribution >= 4 is 22.9 Å². The van der Waals surface area contributed by atoms with Crippen molar-refractivity contribution in [2.75, 3.05) is 5.32 Å². The van der Waals surface area contributed by atoms with Gasteiger partial charge in [-0.3, -0.25) is 14.7 Å². The molecule has 118 valence electrons. The van der Waals surface area contributed by atoms with E-state index >= 15 is 0 Å². The van der Waals surface area contributed by atoms with Crippen molar-refractivity contribution in [1.29, 1.82) is 0 Å². The number of fused-ring (bicyclic) bond motifs is 1. The molecule has 0 atom stereocenters. The fourth-order valence-electron chi connectivity index (χ4n) is 2.71. The summed E-state index contributed by atoms with van der Waals surface area (Å²) >= 11 is 0. The number of hydrogen-bond acceptors (Lipinski definition) is 3. The number of rotatable bonds is 3. The maximum atomic E-state index is 12.5. The predicted octanol–water partition coefficient (Wildman–Crippen LogP) is 4.18. The first-order valence-corrected chi connectivity index (χ1v) is 7.62. The quantitative estimate of drug-likeness (QED) is 0.616. The minimum Gasteiger partial charge on any atom is -0.459 e. The number of furan rings is 1. The first-order chi connectivity index (χ1) is 11.7. The molecule has 0 saturated carbocycles. The van der Waals surface area contributed by atoms with Crippen molar-refractivity contribution in [3.05, 3.63) is 78.3 Å². The number of amides is 1. The average molecular weight is 317 g/mol. The molecule has 2 aromatic heterocycles. The van der Waals surface area contributed by atoms with Crippen LogP contribution in [0, 0.1) is 6.92 Å². The van der Waals surface area contributed by atoms with E-state index < -0.39 is 0 Å². The molecule has 1 amide bonds. The summed E-state index contributed by atoms with van der Waals surface area (Å²) in [5.41, 5.74) is 3.45. The third kappa shape index (κ3) is 2.36. The van der Waals surface area contributed by atoms with Gasteiger partial charge in [0.05, 0.1) is 17.3 Å². The van der Waals surface area contributed by atoms with Crippen molar-refractivity contribution in [2.45, 2.75) is 6.92 Å². The second-order valence-corrected chi connectivity index (χ2v) is 5.48. The van der Waals surface area contributed by atoms with E-state index in [0.29, 0.717) is 11.7 Å². The van der Waals surface area contributed by atoms with Crippen molar-refractivity contribution in [3.8, 4) is 5.69 Å². The van der Waals surface area contributed by atoms with Gasteiger partial charge in [-0.15, -0.1) is 0 Å². The van der Waals surface area contributed by atoms with Gasteiger partial charge in [0.1, 0.15) is 0 Å². The number of nitrogens with one attached hydrogen (secondary N) is 1. The van der Waals surface area contributed by atoms with Crippen molar-refractivity contribution in [2.24, 2.45) is 0 Å². The molecule has 5 heteroatoms. The Morgan fingerprint density at radius 1 is 1.04 bits per heavy atom. The zero-order valence-corrected chi connectivity index (χ0v) is 13.1. The summed E-state index contributed by atoms with van der Waals surface area (Å²) in [6.07, 6.45) is 1.50. The van der Waals surface area contributed by atoms with Gasteiger partial charge in [0.25, 0.3) is 5.91 Å². The standard InChI is InChI=1S/C19H15N3O2/c1-13-11-12-24-17(13)18(23)21-19-20-15-9-5-6-10-16(15)22(19)14-7-3-2-4-8-14/h2-12H,1H3,(H,20,21,23). The van der Waals surface area contributed by atoms with Crippen LogP contribution in [0.1, 0.15) is 16.1 Å². The van der Waals surface area contributed by atoms with E-state index in [0.717, 1.165) is 22.3 Å². The molecule has 24 heavy (non-hydrogen) atoms. The molecule has 2 aromatic carbocycles. The third-order valence-electron chi connectivity index (χ3n) is 3.87. The van der Waals surface area contributed by atoms with Crippen molar-refractivity contribution in [3.63, 3.8) is 0 Å². The minimum absolute atomic E-state index is 0.293. The lowest BCUT2D eigenvalue weighted by Crippen LogP contribution is -2.15. The van der Waals surface area contributed by atoms with Crippen LogP contribution >= 0.6 is 0 Å². The highest BCUT2D eigenvalue weighted by Crippen LogP contribution is 2.25. The first-order valence-electron chi connectivity index (χ1n) is 7.62. The second kappa shape index (κ2) is 5.70. The molecule has 5 nitrogen and oxygen atoms in total. The Bertz CT molecular complexity index is 1020. The van der Waals surface area contributed by atoms with E-state index in [1.165, 1.54) is 6.26 Å². The predicted molar refractivity (Wildman–Crippen MR) is 92.5 cm³/mol. The first kappa shape index (κ1) is 14.3. The Balaban J connectivity index is 1.83. The highest BCUT2D eigenvalue weighted by atomic mass is 16.3. The molecule has 0 spiro atoms. The van der Waals surface area contributed by atoms with Gasteiger partial charge in [0.2, 0.25) is 5.95 Å². The van der Waals surface area contributed by atoms with Gasteiger partial charge >= 0.3 is 0 Å². The molecule has 2 heterocycles. The van der Waals surface area contributed by atoms with Crippen LogP contribution in [-0.2, 0) is 0 Å². The molecule has 0 aliphatic rings. The molecule has 4 rings (SSSR count). The van der Waals surface area contributed by atoms with Gasteiger partial charge in [-0.1, -0.05) is 30.3 Å². The lowest BCUT2D eigenvalue weighted by Gasteiger charge is -2.09. The number of carbonyl (C=O) groups excluding carboxylic acids is 1. The molecule has 0 saturated heterocycles. The van der Waals surface area contributed by atoms with Crippen LogP contribution in [0.4, 0.5) is 5.95 Å². The van der Waals surface area contributed by atoms with E-state index in [1.54, 1.807) is 6.07 Å². The van der Waals surface area contributed by atoms with Gasteiger partial charge < -0.3 is 4.42 Å². The molecule has 1 N–H and O–H groups in total. The Kier molecular flexibility index (Phi) is 3.39. The molecule has 0 radical (unpaired) electrons. The highest BCUT2D eigenvalue weighted by Gasteiger charge is 2.18. The minimum atomic E-state index is -0.315. The van der Waals surface area contributed by atoms with Gasteiger partial charge in [-0.2, -0.15) is 0 Å². The topological polar surface area (TPSA) is 60.1 Å². The van der Waals surface area contributed by atoms with Crippen LogP contribution < -0.4 is 5.32 Å². The fraction of sp³-hybridized carbons (Fsp3) is 0.0526. The fourth-order valence-corrected chi connectivity index (χ4v) is 2.71. The Hall–Kier alpha value is -3.34. The Morgan fingerprint density at radius 3 is 2.54 bits per heavy atom. The van der Waals surface area contributed by atoms with Crippen LogP contribution in [0.5, 0.6) is 0 Å². The van der Waals surface area contributed by atoms with Gasteiger partial charge in [-0.25, -0.2) is 4.98 Å². The summed E-state index contributed by atoms with van der Waals surface area (Å²) in [5, 5.41) is 2.86. The van der Waals surface area contributed by atoms with E-state index in [9.17, 15) is 4.79 Å². The zero-order chi connectivity index (χ0) is 16.5. The molecule has 0 fully saturated rings. The maximum absolute atomic E-state index is 12.5. The Morgan fingerprint density at radius 2 is 1.79 bits per heavy atom. The lowest BCUT2D eigenvalue weighted by molar-refractivity contribution is 0.0995. The number of anilines is 1. The van der Waals surface area contributed by atoms with E-state index in [4.69, 9.17) is 4.42 Å². The van der Waals surface area contributed by atoms with Crippen LogP contribution in [0.3, 0.4) is 0 Å². The number of para-hydroxylation sites is 3. The summed E-state index contributed by atoms with van der Waals surface area (Å²) in [4.78, 5) is 17.1. The number of aryl methyl sites for hydroxylation is 1. The number of imidazole rings is 1. The number of carbonyl (C=O) groups is 1. The maximum Gasteiger partial charge on any atom is 0.293 e. The van der Waals surface area contributed by atoms with Gasteiger partial charge in [0.15, 0.2) is 5.76 Å².